The maximum absolute atomic E-state index is 6.09. The normalized spacial score (nSPS) is 19.6. The number of rotatable bonds is 1. The number of nitrogens with two attached hydrogens (primary N) is 1. The van der Waals surface area contributed by atoms with Gasteiger partial charge < -0.3 is 10.7 Å². The molecule has 0 saturated carbocycles. The van der Waals surface area contributed by atoms with Gasteiger partial charge in [-0.1, -0.05) is 23.2 Å². The average molecular weight is 269 g/mol. The highest BCUT2D eigenvalue weighted by Gasteiger charge is 2.22. The van der Waals surface area contributed by atoms with Crippen molar-refractivity contribution in [2.24, 2.45) is 11.7 Å². The van der Waals surface area contributed by atoms with Gasteiger partial charge in [0.2, 0.25) is 0 Å². The summed E-state index contributed by atoms with van der Waals surface area (Å²) in [4.78, 5) is 3.44. The maximum atomic E-state index is 6.09. The SMILES string of the molecule is NC[C@H]1CCc2[nH]c3cc(Cl)c(Cl)cc3c2C1. The van der Waals surface area contributed by atoms with Gasteiger partial charge in [0, 0.05) is 16.6 Å². The van der Waals surface area contributed by atoms with Gasteiger partial charge in [-0.2, -0.15) is 0 Å². The van der Waals surface area contributed by atoms with E-state index in [1.165, 1.54) is 16.6 Å². The van der Waals surface area contributed by atoms with E-state index >= 15 is 0 Å². The fraction of sp³-hybridized carbons (Fsp3) is 0.385. The van der Waals surface area contributed by atoms with E-state index in [4.69, 9.17) is 28.9 Å². The van der Waals surface area contributed by atoms with Gasteiger partial charge in [0.1, 0.15) is 0 Å². The molecular formula is C13H14Cl2N2. The molecule has 3 N–H and O–H groups in total. The molecule has 2 nitrogen and oxygen atoms in total. The van der Waals surface area contributed by atoms with Gasteiger partial charge in [0.15, 0.2) is 0 Å². The Bertz CT molecular complexity index is 574. The lowest BCUT2D eigenvalue weighted by atomic mass is 9.86. The first-order valence-electron chi connectivity index (χ1n) is 5.87. The largest absolute Gasteiger partial charge is 0.358 e. The van der Waals surface area contributed by atoms with Crippen LogP contribution in [-0.4, -0.2) is 11.5 Å². The standard InChI is InChI=1S/C13H14Cl2N2/c14-10-4-9-8-3-7(6-16)1-2-12(8)17-13(9)5-11(10)15/h4-5,7,17H,1-3,6,16H2/t7-/m0/s1. The zero-order chi connectivity index (χ0) is 12.0. The molecule has 0 amide bonds. The van der Waals surface area contributed by atoms with Gasteiger partial charge in [-0.3, -0.25) is 0 Å². The first kappa shape index (κ1) is 11.4. The van der Waals surface area contributed by atoms with Gasteiger partial charge in [0.05, 0.1) is 10.0 Å². The highest BCUT2D eigenvalue weighted by atomic mass is 35.5. The zero-order valence-electron chi connectivity index (χ0n) is 9.39. The molecule has 0 saturated heterocycles. The summed E-state index contributed by atoms with van der Waals surface area (Å²) in [5.41, 5.74) is 9.55. The molecule has 90 valence electrons. The third-order valence-corrected chi connectivity index (χ3v) is 4.39. The average Bonchev–Trinajstić information content (AvgIpc) is 2.67. The number of aromatic nitrogens is 1. The van der Waals surface area contributed by atoms with Crippen LogP contribution in [0.5, 0.6) is 0 Å². The number of H-pyrrole nitrogens is 1. The van der Waals surface area contributed by atoms with Gasteiger partial charge in [-0.25, -0.2) is 0 Å². The lowest BCUT2D eigenvalue weighted by Crippen LogP contribution is -2.21. The second kappa shape index (κ2) is 4.20. The Hall–Kier alpha value is -0.700. The molecule has 0 spiro atoms. The van der Waals surface area contributed by atoms with E-state index in [1.807, 2.05) is 12.1 Å². The van der Waals surface area contributed by atoms with Crippen LogP contribution in [0.25, 0.3) is 10.9 Å². The van der Waals surface area contributed by atoms with E-state index in [1.54, 1.807) is 0 Å². The number of halogens is 2. The van der Waals surface area contributed by atoms with Crippen LogP contribution in [0.4, 0.5) is 0 Å². The van der Waals surface area contributed by atoms with E-state index in [-0.39, 0.29) is 0 Å². The number of hydrogen-bond acceptors (Lipinski definition) is 1. The van der Waals surface area contributed by atoms with Crippen molar-refractivity contribution in [2.45, 2.75) is 19.3 Å². The summed E-state index contributed by atoms with van der Waals surface area (Å²) < 4.78 is 0. The van der Waals surface area contributed by atoms with Crippen molar-refractivity contribution in [3.63, 3.8) is 0 Å². The fourth-order valence-electron chi connectivity index (χ4n) is 2.69. The predicted octanol–water partition coefficient (Wildman–Crippen LogP) is 3.54. The molecule has 1 aromatic carbocycles. The smallest absolute Gasteiger partial charge is 0.0613 e. The van der Waals surface area contributed by atoms with Gasteiger partial charge in [0.25, 0.3) is 0 Å². The van der Waals surface area contributed by atoms with Crippen molar-refractivity contribution < 1.29 is 0 Å². The van der Waals surface area contributed by atoms with Crippen LogP contribution in [0.1, 0.15) is 17.7 Å². The lowest BCUT2D eigenvalue weighted by molar-refractivity contribution is 0.468. The summed E-state index contributed by atoms with van der Waals surface area (Å²) in [5.74, 6) is 0.593. The minimum Gasteiger partial charge on any atom is -0.358 e. The van der Waals surface area contributed by atoms with Crippen LogP contribution in [0.3, 0.4) is 0 Å². The number of aryl methyl sites for hydroxylation is 1. The highest BCUT2D eigenvalue weighted by Crippen LogP contribution is 2.35. The summed E-state index contributed by atoms with van der Waals surface area (Å²) in [6, 6.07) is 3.88. The quantitative estimate of drug-likeness (QED) is 0.816. The van der Waals surface area contributed by atoms with Crippen LogP contribution in [0.2, 0.25) is 10.0 Å². The van der Waals surface area contributed by atoms with Crippen molar-refractivity contribution in [3.05, 3.63) is 33.4 Å². The molecule has 0 radical (unpaired) electrons. The van der Waals surface area contributed by atoms with Crippen molar-refractivity contribution in [2.75, 3.05) is 6.54 Å². The minimum atomic E-state index is 0.593. The van der Waals surface area contributed by atoms with Crippen LogP contribution in [-0.2, 0) is 12.8 Å². The maximum Gasteiger partial charge on any atom is 0.0613 e. The topological polar surface area (TPSA) is 41.8 Å². The van der Waals surface area contributed by atoms with Crippen LogP contribution in [0.15, 0.2) is 12.1 Å². The lowest BCUT2D eigenvalue weighted by Gasteiger charge is -2.20. The molecule has 1 heterocycles. The summed E-state index contributed by atoms with van der Waals surface area (Å²) >= 11 is 12.1. The van der Waals surface area contributed by atoms with Gasteiger partial charge in [-0.05, 0) is 49.4 Å². The van der Waals surface area contributed by atoms with Crippen molar-refractivity contribution in [1.82, 2.24) is 4.98 Å². The first-order valence-corrected chi connectivity index (χ1v) is 6.63. The Balaban J connectivity index is 2.17. The highest BCUT2D eigenvalue weighted by molar-refractivity contribution is 6.42. The molecule has 0 bridgehead atoms. The molecule has 4 heteroatoms. The zero-order valence-corrected chi connectivity index (χ0v) is 10.9. The van der Waals surface area contributed by atoms with Crippen molar-refractivity contribution in [3.8, 4) is 0 Å². The predicted molar refractivity (Wildman–Crippen MR) is 72.9 cm³/mol. The van der Waals surface area contributed by atoms with E-state index in [0.717, 1.165) is 31.3 Å². The van der Waals surface area contributed by atoms with Crippen LogP contribution < -0.4 is 5.73 Å². The van der Waals surface area contributed by atoms with E-state index in [0.29, 0.717) is 16.0 Å². The van der Waals surface area contributed by atoms with Crippen LogP contribution >= 0.6 is 23.2 Å². The molecule has 0 unspecified atom stereocenters. The van der Waals surface area contributed by atoms with Gasteiger partial charge >= 0.3 is 0 Å². The molecule has 17 heavy (non-hydrogen) atoms. The molecule has 1 aliphatic carbocycles. The molecular weight excluding hydrogens is 255 g/mol. The Morgan fingerprint density at radius 1 is 1.29 bits per heavy atom. The number of nitrogens with one attached hydrogen (secondary N) is 1. The molecule has 2 aromatic rings. The second-order valence-electron chi connectivity index (χ2n) is 4.74. The Labute approximate surface area is 110 Å². The summed E-state index contributed by atoms with van der Waals surface area (Å²) in [7, 11) is 0. The Kier molecular flexibility index (Phi) is 2.81. The number of hydrogen-bond donors (Lipinski definition) is 2. The van der Waals surface area contributed by atoms with Crippen molar-refractivity contribution in [1.29, 1.82) is 0 Å². The van der Waals surface area contributed by atoms with E-state index in [2.05, 4.69) is 4.98 Å². The summed E-state index contributed by atoms with van der Waals surface area (Å²) in [5, 5.41) is 2.43. The number of fused-ring (bicyclic) bond motifs is 3. The summed E-state index contributed by atoms with van der Waals surface area (Å²) in [6.45, 7) is 0.757. The number of benzene rings is 1. The van der Waals surface area contributed by atoms with Gasteiger partial charge in [-0.15, -0.1) is 0 Å². The molecule has 1 aromatic heterocycles. The molecule has 0 aliphatic heterocycles. The molecule has 1 atom stereocenters. The van der Waals surface area contributed by atoms with E-state index < -0.39 is 0 Å². The first-order chi connectivity index (χ1) is 8.19. The number of aromatic amines is 1. The van der Waals surface area contributed by atoms with Crippen molar-refractivity contribution >= 4 is 34.1 Å². The van der Waals surface area contributed by atoms with E-state index in [9.17, 15) is 0 Å². The fourth-order valence-corrected chi connectivity index (χ4v) is 3.01. The minimum absolute atomic E-state index is 0.593. The third-order valence-electron chi connectivity index (χ3n) is 3.66. The molecule has 0 fully saturated rings. The summed E-state index contributed by atoms with van der Waals surface area (Å²) in [6.07, 6.45) is 3.28. The molecule has 3 rings (SSSR count). The second-order valence-corrected chi connectivity index (χ2v) is 5.55. The third kappa shape index (κ3) is 1.85. The molecule has 1 aliphatic rings. The Morgan fingerprint density at radius 3 is 2.82 bits per heavy atom. The van der Waals surface area contributed by atoms with Crippen LogP contribution in [0, 0.1) is 5.92 Å². The monoisotopic (exact) mass is 268 g/mol. The Morgan fingerprint density at radius 2 is 2.06 bits per heavy atom.